The zero-order valence-electron chi connectivity index (χ0n) is 14.8. The predicted octanol–water partition coefficient (Wildman–Crippen LogP) is 2.23. The number of amides is 1. The molecule has 1 saturated carbocycles. The van der Waals surface area contributed by atoms with Crippen LogP contribution in [0.1, 0.15) is 30.9 Å². The molecule has 25 heavy (non-hydrogen) atoms. The molecule has 1 aromatic heterocycles. The fourth-order valence-electron chi connectivity index (χ4n) is 3.74. The van der Waals surface area contributed by atoms with Gasteiger partial charge in [-0.3, -0.25) is 14.4 Å². The van der Waals surface area contributed by atoms with E-state index >= 15 is 0 Å². The van der Waals surface area contributed by atoms with E-state index in [1.165, 1.54) is 24.0 Å². The van der Waals surface area contributed by atoms with Crippen molar-refractivity contribution in [2.45, 2.75) is 45.3 Å². The van der Waals surface area contributed by atoms with Crippen molar-refractivity contribution in [3.63, 3.8) is 0 Å². The maximum Gasteiger partial charge on any atom is 0.237 e. The summed E-state index contributed by atoms with van der Waals surface area (Å²) in [6, 6.07) is 10.4. The lowest BCUT2D eigenvalue weighted by Gasteiger charge is -2.33. The van der Waals surface area contributed by atoms with Crippen LogP contribution in [0.4, 0.5) is 0 Å². The molecule has 1 aromatic carbocycles. The quantitative estimate of drug-likeness (QED) is 0.879. The van der Waals surface area contributed by atoms with Gasteiger partial charge >= 0.3 is 0 Å². The van der Waals surface area contributed by atoms with Crippen molar-refractivity contribution in [1.82, 2.24) is 20.0 Å². The Morgan fingerprint density at radius 2 is 2.08 bits per heavy atom. The highest BCUT2D eigenvalue weighted by Crippen LogP contribution is 2.46. The first-order chi connectivity index (χ1) is 12.2. The summed E-state index contributed by atoms with van der Waals surface area (Å²) in [5, 5.41) is 7.49. The van der Waals surface area contributed by atoms with Gasteiger partial charge in [0, 0.05) is 44.0 Å². The van der Waals surface area contributed by atoms with Gasteiger partial charge in [-0.15, -0.1) is 0 Å². The summed E-state index contributed by atoms with van der Waals surface area (Å²) in [5.41, 5.74) is 2.98. The normalized spacial score (nSPS) is 19.9. The highest BCUT2D eigenvalue weighted by molar-refractivity contribution is 5.81. The number of carbonyl (C=O) groups is 1. The lowest BCUT2D eigenvalue weighted by molar-refractivity contribution is -0.126. The van der Waals surface area contributed by atoms with E-state index in [0.717, 1.165) is 32.6 Å². The number of carbonyl (C=O) groups excluding carboxylic acids is 1. The highest BCUT2D eigenvalue weighted by Gasteiger charge is 2.43. The van der Waals surface area contributed by atoms with Gasteiger partial charge in [-0.05, 0) is 43.4 Å². The van der Waals surface area contributed by atoms with Gasteiger partial charge in [0.2, 0.25) is 5.91 Å². The minimum Gasteiger partial charge on any atom is -0.354 e. The van der Waals surface area contributed by atoms with E-state index in [2.05, 4.69) is 39.6 Å². The molecule has 2 aromatic rings. The van der Waals surface area contributed by atoms with E-state index in [9.17, 15) is 4.79 Å². The maximum absolute atomic E-state index is 12.7. The SMILES string of the molecule is CC(C(=O)NCC1(Cn2cccn2)CC1)N1CCc2ccccc2C1. The molecule has 1 aliphatic carbocycles. The molecule has 0 saturated heterocycles. The molecular formula is C20H26N4O. The average Bonchev–Trinajstić information content (AvgIpc) is 3.21. The molecule has 1 atom stereocenters. The van der Waals surface area contributed by atoms with Gasteiger partial charge in [0.1, 0.15) is 0 Å². The van der Waals surface area contributed by atoms with Crippen molar-refractivity contribution >= 4 is 5.91 Å². The highest BCUT2D eigenvalue weighted by atomic mass is 16.2. The monoisotopic (exact) mass is 338 g/mol. The summed E-state index contributed by atoms with van der Waals surface area (Å²) in [4.78, 5) is 14.9. The molecule has 1 amide bonds. The maximum atomic E-state index is 12.7. The van der Waals surface area contributed by atoms with Crippen LogP contribution in [-0.4, -0.2) is 39.7 Å². The Labute approximate surface area is 149 Å². The average molecular weight is 338 g/mol. The summed E-state index contributed by atoms with van der Waals surface area (Å²) < 4.78 is 1.98. The first-order valence-corrected chi connectivity index (χ1v) is 9.21. The summed E-state index contributed by atoms with van der Waals surface area (Å²) in [6.07, 6.45) is 7.16. The fraction of sp³-hybridized carbons (Fsp3) is 0.500. The van der Waals surface area contributed by atoms with E-state index in [-0.39, 0.29) is 17.4 Å². The minimum atomic E-state index is -0.0890. The van der Waals surface area contributed by atoms with Gasteiger partial charge < -0.3 is 5.32 Å². The topological polar surface area (TPSA) is 50.2 Å². The Kier molecular flexibility index (Phi) is 4.34. The number of hydrogen-bond donors (Lipinski definition) is 1. The molecule has 0 radical (unpaired) electrons. The number of fused-ring (bicyclic) bond motifs is 1. The third-order valence-corrected chi connectivity index (χ3v) is 5.74. The number of nitrogens with one attached hydrogen (secondary N) is 1. The number of benzene rings is 1. The molecule has 132 valence electrons. The van der Waals surface area contributed by atoms with Crippen molar-refractivity contribution in [3.8, 4) is 0 Å². The van der Waals surface area contributed by atoms with E-state index in [1.807, 2.05) is 30.1 Å². The van der Waals surface area contributed by atoms with Crippen LogP contribution in [-0.2, 0) is 24.3 Å². The number of rotatable bonds is 6. The molecule has 1 aliphatic heterocycles. The largest absolute Gasteiger partial charge is 0.354 e. The summed E-state index contributed by atoms with van der Waals surface area (Å²) >= 11 is 0. The Morgan fingerprint density at radius 3 is 2.80 bits per heavy atom. The van der Waals surface area contributed by atoms with Crippen LogP contribution in [0.3, 0.4) is 0 Å². The second kappa shape index (κ2) is 6.64. The van der Waals surface area contributed by atoms with Gasteiger partial charge in [0.15, 0.2) is 0 Å². The molecule has 4 rings (SSSR count). The van der Waals surface area contributed by atoms with Crippen LogP contribution in [0.2, 0.25) is 0 Å². The van der Waals surface area contributed by atoms with Crippen LogP contribution in [0.15, 0.2) is 42.7 Å². The Morgan fingerprint density at radius 1 is 1.28 bits per heavy atom. The third kappa shape index (κ3) is 3.61. The fourth-order valence-corrected chi connectivity index (χ4v) is 3.74. The van der Waals surface area contributed by atoms with E-state index < -0.39 is 0 Å². The van der Waals surface area contributed by atoms with Gasteiger partial charge in [-0.1, -0.05) is 24.3 Å². The predicted molar refractivity (Wildman–Crippen MR) is 96.9 cm³/mol. The standard InChI is InChI=1S/C20H26N4O/c1-16(23-12-7-17-5-2-3-6-18(17)13-23)19(25)21-14-20(8-9-20)15-24-11-4-10-22-24/h2-6,10-11,16H,7-9,12-15H2,1H3,(H,21,25). The Hall–Kier alpha value is -2.14. The van der Waals surface area contributed by atoms with Crippen molar-refractivity contribution in [3.05, 3.63) is 53.9 Å². The Balaban J connectivity index is 1.31. The lowest BCUT2D eigenvalue weighted by Crippen LogP contribution is -2.48. The van der Waals surface area contributed by atoms with Crippen molar-refractivity contribution in [2.24, 2.45) is 5.41 Å². The number of hydrogen-bond acceptors (Lipinski definition) is 3. The van der Waals surface area contributed by atoms with Crippen LogP contribution in [0.5, 0.6) is 0 Å². The van der Waals surface area contributed by atoms with Gasteiger partial charge in [-0.2, -0.15) is 5.10 Å². The summed E-state index contributed by atoms with van der Waals surface area (Å²) in [5.74, 6) is 0.145. The van der Waals surface area contributed by atoms with E-state index in [1.54, 1.807) is 0 Å². The zero-order chi connectivity index (χ0) is 17.3. The molecule has 2 aliphatic rings. The molecule has 0 bridgehead atoms. The molecule has 0 spiro atoms. The van der Waals surface area contributed by atoms with Crippen LogP contribution in [0, 0.1) is 5.41 Å². The smallest absolute Gasteiger partial charge is 0.237 e. The molecule has 1 unspecified atom stereocenters. The van der Waals surface area contributed by atoms with Crippen molar-refractivity contribution in [1.29, 1.82) is 0 Å². The first-order valence-electron chi connectivity index (χ1n) is 9.21. The zero-order valence-corrected chi connectivity index (χ0v) is 14.8. The second-order valence-electron chi connectivity index (χ2n) is 7.59. The first kappa shape index (κ1) is 16.3. The van der Waals surface area contributed by atoms with Crippen LogP contribution in [0.25, 0.3) is 0 Å². The molecule has 1 fully saturated rings. The van der Waals surface area contributed by atoms with Gasteiger partial charge in [0.25, 0.3) is 0 Å². The van der Waals surface area contributed by atoms with Crippen molar-refractivity contribution in [2.75, 3.05) is 13.1 Å². The molecule has 5 nitrogen and oxygen atoms in total. The van der Waals surface area contributed by atoms with E-state index in [0.29, 0.717) is 0 Å². The Bertz CT molecular complexity index is 736. The number of nitrogens with zero attached hydrogens (tertiary/aromatic N) is 3. The number of aromatic nitrogens is 2. The lowest BCUT2D eigenvalue weighted by atomic mass is 9.98. The second-order valence-corrected chi connectivity index (χ2v) is 7.59. The van der Waals surface area contributed by atoms with Crippen LogP contribution < -0.4 is 5.32 Å². The van der Waals surface area contributed by atoms with Crippen LogP contribution >= 0.6 is 0 Å². The molecule has 2 heterocycles. The van der Waals surface area contributed by atoms with Gasteiger partial charge in [-0.25, -0.2) is 0 Å². The molecule has 5 heteroatoms. The van der Waals surface area contributed by atoms with Crippen molar-refractivity contribution < 1.29 is 4.79 Å². The third-order valence-electron chi connectivity index (χ3n) is 5.74. The van der Waals surface area contributed by atoms with E-state index in [4.69, 9.17) is 0 Å². The minimum absolute atomic E-state index is 0.0890. The summed E-state index contributed by atoms with van der Waals surface area (Å²) in [7, 11) is 0. The van der Waals surface area contributed by atoms with Gasteiger partial charge in [0.05, 0.1) is 6.04 Å². The molecular weight excluding hydrogens is 312 g/mol. The molecule has 1 N–H and O–H groups in total. The summed E-state index contributed by atoms with van der Waals surface area (Å²) in [6.45, 7) is 5.48.